The summed E-state index contributed by atoms with van der Waals surface area (Å²) in [5.41, 5.74) is 0.786. The van der Waals surface area contributed by atoms with Crippen LogP contribution in [-0.2, 0) is 9.59 Å². The molecule has 1 aromatic rings. The quantitative estimate of drug-likeness (QED) is 0.758. The summed E-state index contributed by atoms with van der Waals surface area (Å²) >= 11 is 0. The van der Waals surface area contributed by atoms with E-state index in [1.165, 1.54) is 25.7 Å². The number of ether oxygens (including phenoxy) is 1. The Kier molecular flexibility index (Phi) is 7.13. The van der Waals surface area contributed by atoms with E-state index in [0.717, 1.165) is 50.0 Å². The molecule has 0 radical (unpaired) electrons. The Bertz CT molecular complexity index is 613. The summed E-state index contributed by atoms with van der Waals surface area (Å²) in [5, 5.41) is 6.26. The van der Waals surface area contributed by atoms with Crippen LogP contribution in [-0.4, -0.2) is 25.0 Å². The van der Waals surface area contributed by atoms with Crippen LogP contribution in [0.1, 0.15) is 64.2 Å². The molecule has 0 unspecified atom stereocenters. The SMILES string of the molecule is COc1ccc(NC(=O)C2CCC(C(=O)NC3CCCCCC3)CC2)cc1. The van der Waals surface area contributed by atoms with Gasteiger partial charge >= 0.3 is 0 Å². The smallest absolute Gasteiger partial charge is 0.227 e. The molecule has 0 spiro atoms. The van der Waals surface area contributed by atoms with Gasteiger partial charge in [0.25, 0.3) is 0 Å². The first-order valence-corrected chi connectivity index (χ1v) is 10.4. The maximum atomic E-state index is 12.6. The van der Waals surface area contributed by atoms with Crippen molar-refractivity contribution in [1.29, 1.82) is 0 Å². The molecular weight excluding hydrogens is 340 g/mol. The monoisotopic (exact) mass is 372 g/mol. The van der Waals surface area contributed by atoms with Gasteiger partial charge < -0.3 is 15.4 Å². The molecule has 1 aromatic carbocycles. The summed E-state index contributed by atoms with van der Waals surface area (Å²) in [4.78, 5) is 25.1. The van der Waals surface area contributed by atoms with Crippen molar-refractivity contribution in [3.05, 3.63) is 24.3 Å². The lowest BCUT2D eigenvalue weighted by atomic mass is 9.81. The lowest BCUT2D eigenvalue weighted by molar-refractivity contribution is -0.129. The van der Waals surface area contributed by atoms with E-state index < -0.39 is 0 Å². The highest BCUT2D eigenvalue weighted by Crippen LogP contribution is 2.30. The highest BCUT2D eigenvalue weighted by Gasteiger charge is 2.30. The highest BCUT2D eigenvalue weighted by molar-refractivity contribution is 5.92. The first-order chi connectivity index (χ1) is 13.2. The van der Waals surface area contributed by atoms with Crippen LogP contribution in [0.4, 0.5) is 5.69 Å². The number of carbonyl (C=O) groups excluding carboxylic acids is 2. The second-order valence-corrected chi connectivity index (χ2v) is 7.96. The fourth-order valence-corrected chi connectivity index (χ4v) is 4.28. The summed E-state index contributed by atoms with van der Waals surface area (Å²) < 4.78 is 5.14. The van der Waals surface area contributed by atoms with E-state index in [9.17, 15) is 9.59 Å². The van der Waals surface area contributed by atoms with Crippen LogP contribution in [0.15, 0.2) is 24.3 Å². The Labute approximate surface area is 162 Å². The number of rotatable bonds is 5. The minimum absolute atomic E-state index is 0.00553. The summed E-state index contributed by atoms with van der Waals surface area (Å²) in [6, 6.07) is 7.73. The van der Waals surface area contributed by atoms with Gasteiger partial charge in [0, 0.05) is 23.6 Å². The molecule has 0 bridgehead atoms. The zero-order valence-corrected chi connectivity index (χ0v) is 16.3. The number of anilines is 1. The van der Waals surface area contributed by atoms with Gasteiger partial charge in [-0.15, -0.1) is 0 Å². The van der Waals surface area contributed by atoms with Crippen molar-refractivity contribution in [2.45, 2.75) is 70.3 Å². The second-order valence-electron chi connectivity index (χ2n) is 7.96. The minimum Gasteiger partial charge on any atom is -0.497 e. The molecule has 3 rings (SSSR count). The molecule has 2 aliphatic carbocycles. The molecule has 2 N–H and O–H groups in total. The van der Waals surface area contributed by atoms with E-state index in [4.69, 9.17) is 4.74 Å². The zero-order valence-electron chi connectivity index (χ0n) is 16.3. The van der Waals surface area contributed by atoms with Crippen molar-refractivity contribution in [3.8, 4) is 5.75 Å². The van der Waals surface area contributed by atoms with Crippen molar-refractivity contribution in [2.75, 3.05) is 12.4 Å². The standard InChI is InChI=1S/C22H32N2O3/c1-27-20-14-12-19(13-15-20)24-22(26)17-10-8-16(9-11-17)21(25)23-18-6-4-2-3-5-7-18/h12-18H,2-11H2,1H3,(H,23,25)(H,24,26). The van der Waals surface area contributed by atoms with Gasteiger partial charge in [-0.05, 0) is 62.8 Å². The number of amides is 2. The number of hydrogen-bond acceptors (Lipinski definition) is 3. The largest absolute Gasteiger partial charge is 0.497 e. The van der Waals surface area contributed by atoms with Crippen LogP contribution in [0.25, 0.3) is 0 Å². The molecule has 0 aromatic heterocycles. The average molecular weight is 373 g/mol. The number of carbonyl (C=O) groups is 2. The Morgan fingerprint density at radius 1 is 0.815 bits per heavy atom. The fraction of sp³-hybridized carbons (Fsp3) is 0.636. The van der Waals surface area contributed by atoms with Gasteiger partial charge in [0.05, 0.1) is 7.11 Å². The van der Waals surface area contributed by atoms with Gasteiger partial charge in [-0.3, -0.25) is 9.59 Å². The predicted octanol–water partition coefficient (Wildman–Crippen LogP) is 4.28. The maximum absolute atomic E-state index is 12.6. The summed E-state index contributed by atoms with van der Waals surface area (Å²) in [7, 11) is 1.62. The van der Waals surface area contributed by atoms with Crippen LogP contribution in [0.3, 0.4) is 0 Å². The molecule has 5 heteroatoms. The number of nitrogens with one attached hydrogen (secondary N) is 2. The number of methoxy groups -OCH3 is 1. The number of benzene rings is 1. The van der Waals surface area contributed by atoms with Crippen molar-refractivity contribution in [1.82, 2.24) is 5.32 Å². The Morgan fingerprint density at radius 2 is 1.37 bits per heavy atom. The van der Waals surface area contributed by atoms with Crippen LogP contribution < -0.4 is 15.4 Å². The van der Waals surface area contributed by atoms with Crippen LogP contribution in [0.5, 0.6) is 5.75 Å². The van der Waals surface area contributed by atoms with Crippen LogP contribution in [0, 0.1) is 11.8 Å². The molecule has 0 saturated heterocycles. The van der Waals surface area contributed by atoms with E-state index in [0.29, 0.717) is 6.04 Å². The molecule has 2 aliphatic rings. The Balaban J connectivity index is 1.43. The van der Waals surface area contributed by atoms with Crippen molar-refractivity contribution in [3.63, 3.8) is 0 Å². The van der Waals surface area contributed by atoms with Crippen LogP contribution in [0.2, 0.25) is 0 Å². The Hall–Kier alpha value is -2.04. The van der Waals surface area contributed by atoms with E-state index in [1.807, 2.05) is 24.3 Å². The Morgan fingerprint density at radius 3 is 1.93 bits per heavy atom. The van der Waals surface area contributed by atoms with Gasteiger partial charge in [-0.2, -0.15) is 0 Å². The first kappa shape index (κ1) is 19.7. The molecule has 5 nitrogen and oxygen atoms in total. The van der Waals surface area contributed by atoms with Gasteiger partial charge in [0.1, 0.15) is 5.75 Å². The normalized spacial score (nSPS) is 23.9. The molecule has 2 amide bonds. The lowest BCUT2D eigenvalue weighted by Gasteiger charge is -2.28. The van der Waals surface area contributed by atoms with Crippen molar-refractivity contribution >= 4 is 17.5 Å². The van der Waals surface area contributed by atoms with E-state index >= 15 is 0 Å². The van der Waals surface area contributed by atoms with Gasteiger partial charge in [-0.25, -0.2) is 0 Å². The zero-order chi connectivity index (χ0) is 19.1. The van der Waals surface area contributed by atoms with E-state index in [1.54, 1.807) is 7.11 Å². The number of hydrogen-bond donors (Lipinski definition) is 2. The van der Waals surface area contributed by atoms with Gasteiger partial charge in [-0.1, -0.05) is 25.7 Å². The molecule has 148 valence electrons. The molecule has 0 heterocycles. The van der Waals surface area contributed by atoms with E-state index in [2.05, 4.69) is 10.6 Å². The summed E-state index contributed by atoms with van der Waals surface area (Å²) in [6.45, 7) is 0. The summed E-state index contributed by atoms with van der Waals surface area (Å²) in [6.07, 6.45) is 10.4. The topological polar surface area (TPSA) is 67.4 Å². The first-order valence-electron chi connectivity index (χ1n) is 10.4. The van der Waals surface area contributed by atoms with Gasteiger partial charge in [0.15, 0.2) is 0 Å². The molecule has 2 saturated carbocycles. The maximum Gasteiger partial charge on any atom is 0.227 e. The average Bonchev–Trinajstić information content (AvgIpc) is 2.97. The van der Waals surface area contributed by atoms with Crippen molar-refractivity contribution in [2.24, 2.45) is 11.8 Å². The fourth-order valence-electron chi connectivity index (χ4n) is 4.28. The van der Waals surface area contributed by atoms with Crippen molar-refractivity contribution < 1.29 is 14.3 Å². The molecule has 2 fully saturated rings. The second kappa shape index (κ2) is 9.77. The third kappa shape index (κ3) is 5.72. The third-order valence-electron chi connectivity index (χ3n) is 6.03. The predicted molar refractivity (Wildman–Crippen MR) is 107 cm³/mol. The summed E-state index contributed by atoms with van der Waals surface area (Å²) in [5.74, 6) is 1.10. The molecule has 0 aliphatic heterocycles. The van der Waals surface area contributed by atoms with Gasteiger partial charge in [0.2, 0.25) is 11.8 Å². The molecular formula is C22H32N2O3. The minimum atomic E-state index is -0.00553. The van der Waals surface area contributed by atoms with E-state index in [-0.39, 0.29) is 23.7 Å². The molecule has 27 heavy (non-hydrogen) atoms. The van der Waals surface area contributed by atoms with Crippen LogP contribution >= 0.6 is 0 Å². The molecule has 0 atom stereocenters. The highest BCUT2D eigenvalue weighted by atomic mass is 16.5. The lowest BCUT2D eigenvalue weighted by Crippen LogP contribution is -2.40. The third-order valence-corrected chi connectivity index (χ3v) is 6.03.